The lowest BCUT2D eigenvalue weighted by molar-refractivity contribution is -0.138. The highest BCUT2D eigenvalue weighted by atomic mass is 16.4. The number of hydrogen-bond acceptors (Lipinski definition) is 2. The average Bonchev–Trinajstić information content (AvgIpc) is 2.67. The van der Waals surface area contributed by atoms with Crippen LogP contribution in [0.2, 0.25) is 0 Å². The molecule has 1 atom stereocenters. The molecule has 1 fully saturated rings. The van der Waals surface area contributed by atoms with E-state index in [1.807, 2.05) is 24.3 Å². The molecule has 2 aliphatic rings. The van der Waals surface area contributed by atoms with Gasteiger partial charge in [-0.1, -0.05) is 43.9 Å². The highest BCUT2D eigenvalue weighted by molar-refractivity contribution is 6.00. The second kappa shape index (κ2) is 5.88. The standard InChI is InChI=1S/C17H21NO3/c19-16(12-7-3-1-2-4-8-12)18-11-14(17(20)21)13-9-5-6-10-15(13)18/h5-6,9-10,12,14H,1-4,7-8,11H2,(H,20,21). The van der Waals surface area contributed by atoms with Crippen LogP contribution >= 0.6 is 0 Å². The molecule has 1 aromatic rings. The van der Waals surface area contributed by atoms with Crippen LogP contribution in [0.1, 0.15) is 50.0 Å². The van der Waals surface area contributed by atoms with E-state index in [0.29, 0.717) is 0 Å². The molecule has 0 bridgehead atoms. The van der Waals surface area contributed by atoms with Gasteiger partial charge >= 0.3 is 5.97 Å². The van der Waals surface area contributed by atoms with Crippen LogP contribution in [0.3, 0.4) is 0 Å². The summed E-state index contributed by atoms with van der Waals surface area (Å²) in [5, 5.41) is 9.38. The first kappa shape index (κ1) is 14.1. The third-order valence-electron chi connectivity index (χ3n) is 4.74. The molecule has 112 valence electrons. The van der Waals surface area contributed by atoms with Crippen molar-refractivity contribution in [3.63, 3.8) is 0 Å². The Morgan fingerprint density at radius 3 is 2.38 bits per heavy atom. The van der Waals surface area contributed by atoms with Crippen molar-refractivity contribution < 1.29 is 14.7 Å². The minimum Gasteiger partial charge on any atom is -0.481 e. The molecular weight excluding hydrogens is 266 g/mol. The molecule has 1 unspecified atom stereocenters. The van der Waals surface area contributed by atoms with Crippen molar-refractivity contribution in [3.8, 4) is 0 Å². The minimum absolute atomic E-state index is 0.0631. The third kappa shape index (κ3) is 2.67. The smallest absolute Gasteiger partial charge is 0.312 e. The van der Waals surface area contributed by atoms with E-state index >= 15 is 0 Å². The summed E-state index contributed by atoms with van der Waals surface area (Å²) in [6.07, 6.45) is 6.50. The second-order valence-corrected chi connectivity index (χ2v) is 6.09. The molecule has 1 saturated carbocycles. The van der Waals surface area contributed by atoms with E-state index < -0.39 is 11.9 Å². The van der Waals surface area contributed by atoms with Gasteiger partial charge in [0.15, 0.2) is 0 Å². The molecule has 0 radical (unpaired) electrons. The number of carbonyl (C=O) groups excluding carboxylic acids is 1. The normalized spacial score (nSPS) is 22.7. The lowest BCUT2D eigenvalue weighted by atomic mass is 9.98. The predicted octanol–water partition coefficient (Wildman–Crippen LogP) is 3.17. The molecule has 1 N–H and O–H groups in total. The predicted molar refractivity (Wildman–Crippen MR) is 80.4 cm³/mol. The average molecular weight is 287 g/mol. The van der Waals surface area contributed by atoms with Gasteiger partial charge in [0, 0.05) is 18.2 Å². The molecule has 0 aromatic heterocycles. The van der Waals surface area contributed by atoms with Gasteiger partial charge in [0.25, 0.3) is 0 Å². The molecule has 1 aliphatic heterocycles. The van der Waals surface area contributed by atoms with Crippen LogP contribution in [0.25, 0.3) is 0 Å². The number of fused-ring (bicyclic) bond motifs is 1. The summed E-state index contributed by atoms with van der Waals surface area (Å²) < 4.78 is 0. The molecule has 1 aromatic carbocycles. The van der Waals surface area contributed by atoms with E-state index in [2.05, 4.69) is 0 Å². The number of carbonyl (C=O) groups is 2. The Morgan fingerprint density at radius 1 is 1.05 bits per heavy atom. The summed E-state index contributed by atoms with van der Waals surface area (Å²) in [5.74, 6) is -1.25. The summed E-state index contributed by atoms with van der Waals surface area (Å²) in [6, 6.07) is 7.41. The van der Waals surface area contributed by atoms with Gasteiger partial charge in [0.2, 0.25) is 5.91 Å². The van der Waals surface area contributed by atoms with E-state index in [0.717, 1.165) is 36.9 Å². The quantitative estimate of drug-likeness (QED) is 0.850. The molecule has 21 heavy (non-hydrogen) atoms. The third-order valence-corrected chi connectivity index (χ3v) is 4.74. The van der Waals surface area contributed by atoms with Crippen molar-refractivity contribution in [1.82, 2.24) is 0 Å². The first-order valence-corrected chi connectivity index (χ1v) is 7.81. The Labute approximate surface area is 124 Å². The van der Waals surface area contributed by atoms with Crippen molar-refractivity contribution in [3.05, 3.63) is 29.8 Å². The van der Waals surface area contributed by atoms with E-state index in [4.69, 9.17) is 0 Å². The molecule has 1 amide bonds. The van der Waals surface area contributed by atoms with Gasteiger partial charge in [-0.25, -0.2) is 0 Å². The maximum absolute atomic E-state index is 12.8. The molecule has 1 heterocycles. The summed E-state index contributed by atoms with van der Waals surface area (Å²) >= 11 is 0. The van der Waals surface area contributed by atoms with Crippen molar-refractivity contribution in [2.24, 2.45) is 5.92 Å². The number of carboxylic acids is 1. The van der Waals surface area contributed by atoms with Gasteiger partial charge in [-0.05, 0) is 24.5 Å². The van der Waals surface area contributed by atoms with Crippen molar-refractivity contribution in [2.45, 2.75) is 44.4 Å². The summed E-state index contributed by atoms with van der Waals surface area (Å²) in [4.78, 5) is 26.0. The van der Waals surface area contributed by atoms with Crippen molar-refractivity contribution >= 4 is 17.6 Å². The summed E-state index contributed by atoms with van der Waals surface area (Å²) in [5.41, 5.74) is 1.56. The van der Waals surface area contributed by atoms with Crippen LogP contribution in [0.5, 0.6) is 0 Å². The lowest BCUT2D eigenvalue weighted by Gasteiger charge is -2.23. The fourth-order valence-electron chi connectivity index (χ4n) is 3.57. The molecule has 4 nitrogen and oxygen atoms in total. The van der Waals surface area contributed by atoms with Crippen LogP contribution in [0.4, 0.5) is 5.69 Å². The Balaban J connectivity index is 1.85. The van der Waals surface area contributed by atoms with Gasteiger partial charge in [0.05, 0.1) is 0 Å². The number of hydrogen-bond donors (Lipinski definition) is 1. The first-order valence-electron chi connectivity index (χ1n) is 7.81. The number of benzene rings is 1. The molecular formula is C17H21NO3. The maximum Gasteiger partial charge on any atom is 0.312 e. The topological polar surface area (TPSA) is 57.6 Å². The number of carboxylic acid groups (broad SMARTS) is 1. The number of aliphatic carboxylic acids is 1. The number of amides is 1. The largest absolute Gasteiger partial charge is 0.481 e. The molecule has 1 aliphatic carbocycles. The fourth-order valence-corrected chi connectivity index (χ4v) is 3.57. The van der Waals surface area contributed by atoms with Crippen molar-refractivity contribution in [2.75, 3.05) is 11.4 Å². The Hall–Kier alpha value is -1.84. The second-order valence-electron chi connectivity index (χ2n) is 6.09. The Kier molecular flexibility index (Phi) is 3.95. The van der Waals surface area contributed by atoms with Gasteiger partial charge in [-0.15, -0.1) is 0 Å². The van der Waals surface area contributed by atoms with Crippen LogP contribution in [-0.4, -0.2) is 23.5 Å². The van der Waals surface area contributed by atoms with E-state index in [1.165, 1.54) is 12.8 Å². The molecule has 4 heteroatoms. The number of anilines is 1. The van der Waals surface area contributed by atoms with E-state index in [1.54, 1.807) is 4.90 Å². The number of rotatable bonds is 2. The minimum atomic E-state index is -0.849. The fraction of sp³-hybridized carbons (Fsp3) is 0.529. The highest BCUT2D eigenvalue weighted by Gasteiger charge is 2.38. The monoisotopic (exact) mass is 287 g/mol. The first-order chi connectivity index (χ1) is 10.2. The maximum atomic E-state index is 12.8. The number of nitrogens with zero attached hydrogens (tertiary/aromatic N) is 1. The van der Waals surface area contributed by atoms with Crippen LogP contribution in [0, 0.1) is 5.92 Å². The zero-order chi connectivity index (χ0) is 14.8. The molecule has 3 rings (SSSR count). The summed E-state index contributed by atoms with van der Waals surface area (Å²) in [7, 11) is 0. The van der Waals surface area contributed by atoms with Crippen LogP contribution in [0.15, 0.2) is 24.3 Å². The Morgan fingerprint density at radius 2 is 1.71 bits per heavy atom. The van der Waals surface area contributed by atoms with E-state index in [9.17, 15) is 14.7 Å². The van der Waals surface area contributed by atoms with Crippen LogP contribution < -0.4 is 4.90 Å². The number of para-hydroxylation sites is 1. The van der Waals surface area contributed by atoms with Crippen LogP contribution in [-0.2, 0) is 9.59 Å². The summed E-state index contributed by atoms with van der Waals surface area (Å²) in [6.45, 7) is 0.282. The lowest BCUT2D eigenvalue weighted by Crippen LogP contribution is -2.36. The SMILES string of the molecule is O=C(O)C1CN(C(=O)C2CCCCCC2)c2ccccc21. The van der Waals surface area contributed by atoms with Gasteiger partial charge < -0.3 is 10.0 Å². The zero-order valence-electron chi connectivity index (χ0n) is 12.1. The van der Waals surface area contributed by atoms with Gasteiger partial charge in [0.1, 0.15) is 5.92 Å². The van der Waals surface area contributed by atoms with Gasteiger partial charge in [-0.2, -0.15) is 0 Å². The zero-order valence-corrected chi connectivity index (χ0v) is 12.1. The molecule has 0 saturated heterocycles. The van der Waals surface area contributed by atoms with Crippen molar-refractivity contribution in [1.29, 1.82) is 0 Å². The van der Waals surface area contributed by atoms with E-state index in [-0.39, 0.29) is 18.4 Å². The van der Waals surface area contributed by atoms with Gasteiger partial charge in [-0.3, -0.25) is 9.59 Å². The Bertz CT molecular complexity index is 547. The molecule has 0 spiro atoms. The highest BCUT2D eigenvalue weighted by Crippen LogP contribution is 2.38.